The topological polar surface area (TPSA) is 162 Å². The molecular formula is C47H63N3O10. The van der Waals surface area contributed by atoms with E-state index in [-0.39, 0.29) is 49.2 Å². The predicted octanol–water partition coefficient (Wildman–Crippen LogP) is 8.98. The molecule has 0 aromatic heterocycles. The number of nitro groups is 1. The number of benzene rings is 2. The third-order valence-corrected chi connectivity index (χ3v) is 13.4. The van der Waals surface area contributed by atoms with Crippen molar-refractivity contribution in [2.24, 2.45) is 28.8 Å². The van der Waals surface area contributed by atoms with E-state index in [4.69, 9.17) is 28.9 Å². The predicted molar refractivity (Wildman–Crippen MR) is 227 cm³/mol. The number of nitro benzene ring substituents is 1. The van der Waals surface area contributed by atoms with E-state index in [0.717, 1.165) is 81.1 Å². The van der Waals surface area contributed by atoms with Crippen molar-refractivity contribution in [1.29, 1.82) is 0 Å². The number of unbranched alkanes of at least 4 members (excludes halogenated alkanes) is 2. The number of non-ortho nitro benzene ring substituents is 1. The van der Waals surface area contributed by atoms with E-state index >= 15 is 0 Å². The molecule has 7 rings (SSSR count). The maximum absolute atomic E-state index is 14.4. The van der Waals surface area contributed by atoms with Gasteiger partial charge in [0.2, 0.25) is 18.0 Å². The number of carbonyl (C=O) groups is 1. The Morgan fingerprint density at radius 3 is 2.52 bits per heavy atom. The molecule has 13 nitrogen and oxygen atoms in total. The van der Waals surface area contributed by atoms with Gasteiger partial charge >= 0.3 is 0 Å². The monoisotopic (exact) mass is 829 g/mol. The van der Waals surface area contributed by atoms with Crippen LogP contribution in [-0.4, -0.2) is 83.2 Å². The summed E-state index contributed by atoms with van der Waals surface area (Å²) in [7, 11) is 1.86. The molecule has 2 aromatic carbocycles. The molecule has 13 heteroatoms. The van der Waals surface area contributed by atoms with E-state index < -0.39 is 29.0 Å². The second-order valence-corrected chi connectivity index (χ2v) is 17.2. The fraction of sp³-hybridized carbons (Fsp3) is 0.617. The highest BCUT2D eigenvalue weighted by Crippen LogP contribution is 2.62. The van der Waals surface area contributed by atoms with E-state index in [1.165, 1.54) is 25.0 Å². The Kier molecular flexibility index (Phi) is 15.0. The molecule has 1 unspecified atom stereocenters. The molecule has 2 heterocycles. The number of amides is 1. The second-order valence-electron chi connectivity index (χ2n) is 17.2. The second kappa shape index (κ2) is 20.5. The lowest BCUT2D eigenvalue weighted by Gasteiger charge is -2.59. The van der Waals surface area contributed by atoms with Gasteiger partial charge in [0.15, 0.2) is 0 Å². The van der Waals surface area contributed by atoms with Crippen LogP contribution in [0.1, 0.15) is 114 Å². The summed E-state index contributed by atoms with van der Waals surface area (Å²) in [6.07, 6.45) is 17.1. The van der Waals surface area contributed by atoms with Crippen LogP contribution in [0.15, 0.2) is 71.9 Å². The molecule has 0 bridgehead atoms. The average molecular weight is 830 g/mol. The number of aliphatic hydroxyl groups is 2. The van der Waals surface area contributed by atoms with Crippen LogP contribution >= 0.6 is 0 Å². The van der Waals surface area contributed by atoms with Crippen LogP contribution < -0.4 is 9.47 Å². The minimum absolute atomic E-state index is 0.0284. The van der Waals surface area contributed by atoms with Crippen LogP contribution in [0.4, 0.5) is 5.69 Å². The normalized spacial score (nSPS) is 27.9. The van der Waals surface area contributed by atoms with Crippen molar-refractivity contribution >= 4 is 17.3 Å². The Balaban J connectivity index is 1.38. The van der Waals surface area contributed by atoms with Crippen LogP contribution in [0.5, 0.6) is 17.2 Å². The van der Waals surface area contributed by atoms with Gasteiger partial charge in [0.25, 0.3) is 5.69 Å². The fourth-order valence-electron chi connectivity index (χ4n) is 10.5. The highest BCUT2D eigenvalue weighted by atomic mass is 16.8. The van der Waals surface area contributed by atoms with Gasteiger partial charge in [-0.25, -0.2) is 0 Å². The highest BCUT2D eigenvalue weighted by Gasteiger charge is 2.65. The Morgan fingerprint density at radius 1 is 1.02 bits per heavy atom. The lowest BCUT2D eigenvalue weighted by atomic mass is 9.55. The molecule has 3 fully saturated rings. The van der Waals surface area contributed by atoms with Crippen molar-refractivity contribution < 1.29 is 43.7 Å². The first kappa shape index (κ1) is 43.8. The third-order valence-electron chi connectivity index (χ3n) is 13.4. The van der Waals surface area contributed by atoms with Crippen LogP contribution in [0.2, 0.25) is 0 Å². The van der Waals surface area contributed by atoms with Gasteiger partial charge in [-0.15, -0.1) is 6.58 Å². The minimum atomic E-state index is -1.34. The van der Waals surface area contributed by atoms with Crippen LogP contribution in [-0.2, 0) is 19.1 Å². The van der Waals surface area contributed by atoms with Crippen molar-refractivity contribution in [1.82, 2.24) is 4.90 Å². The standard InChI is InChI=1S/C47H63N3O10/c1-3-26-57-47-42(49(2)43(53)23-20-32-13-4-5-14-32)31-40(48-60-44-19-8-11-27-56-44)38-28-33(15-6-9-24-51)37(18-7-10-25-52)45(46(38)47)39-30-36(21-22-41(39)59-47)58-35-17-12-16-34(29-35)50(54)55/h3,12,16-17,21-22,28-30,32-33,37,42,44-46,51-52H,1,4-11,13-15,18-20,23-27,31H2,2H3/t33-,37+,42-,44?,45+,46+,47+/m0/s1. The lowest BCUT2D eigenvalue weighted by Crippen LogP contribution is -2.69. The average Bonchev–Trinajstić information content (AvgIpc) is 3.79. The molecule has 2 aliphatic heterocycles. The number of fused-ring (bicyclic) bond motifs is 2. The number of carbonyl (C=O) groups excluding carboxylic acids is 1. The molecule has 60 heavy (non-hydrogen) atoms. The van der Waals surface area contributed by atoms with Crippen molar-refractivity contribution in [2.75, 3.05) is 33.5 Å². The number of oxime groups is 1. The zero-order chi connectivity index (χ0) is 42.1. The fourth-order valence-corrected chi connectivity index (χ4v) is 10.5. The molecule has 2 N–H and O–H groups in total. The first-order valence-electron chi connectivity index (χ1n) is 22.3. The number of allylic oxidation sites excluding steroid dienone is 1. The molecule has 0 spiro atoms. The highest BCUT2D eigenvalue weighted by molar-refractivity contribution is 6.03. The Bertz CT molecular complexity index is 1860. The third kappa shape index (κ3) is 9.75. The molecule has 326 valence electrons. The molecule has 7 atom stereocenters. The van der Waals surface area contributed by atoms with Crippen LogP contribution in [0.25, 0.3) is 0 Å². The van der Waals surface area contributed by atoms with E-state index in [0.29, 0.717) is 55.5 Å². The molecular weight excluding hydrogens is 767 g/mol. The van der Waals surface area contributed by atoms with Crippen LogP contribution in [0, 0.1) is 33.8 Å². The summed E-state index contributed by atoms with van der Waals surface area (Å²) in [5, 5.41) is 36.4. The summed E-state index contributed by atoms with van der Waals surface area (Å²) < 4.78 is 26.6. The van der Waals surface area contributed by atoms with Crippen molar-refractivity contribution in [3.05, 3.63) is 82.4 Å². The maximum Gasteiger partial charge on any atom is 0.273 e. The molecule has 1 saturated heterocycles. The van der Waals surface area contributed by atoms with Gasteiger partial charge in [-0.3, -0.25) is 14.9 Å². The van der Waals surface area contributed by atoms with Gasteiger partial charge in [-0.2, -0.15) is 0 Å². The number of ether oxygens (including phenoxy) is 4. The number of nitrogens with zero attached hydrogens (tertiary/aromatic N) is 3. The van der Waals surface area contributed by atoms with E-state index in [2.05, 4.69) is 12.7 Å². The zero-order valence-electron chi connectivity index (χ0n) is 35.1. The maximum atomic E-state index is 14.4. The van der Waals surface area contributed by atoms with E-state index in [1.807, 2.05) is 24.1 Å². The molecule has 2 aromatic rings. The number of hydrogen-bond acceptors (Lipinski definition) is 11. The Labute approximate surface area is 353 Å². The number of aliphatic hydroxyl groups excluding tert-OH is 2. The molecule has 3 aliphatic carbocycles. The van der Waals surface area contributed by atoms with Gasteiger partial charge < -0.3 is 38.9 Å². The van der Waals surface area contributed by atoms with Crippen molar-refractivity contribution in [3.63, 3.8) is 0 Å². The SMILES string of the molecule is C=CCO[C@@]12Oc3ccc(Oc4cccc([N+](=O)[O-])c4)cc3[C@H]3[C@H](CCCCO)[C@@H](CCCCO)C=C(C(=NOC4CCCCO4)C[C@@H]1N(C)C(=O)CCC1CCCC1)[C@H]32. The first-order chi connectivity index (χ1) is 29.3. The lowest BCUT2D eigenvalue weighted by molar-refractivity contribution is -0.384. The molecule has 5 aliphatic rings. The quantitative estimate of drug-likeness (QED) is 0.0570. The summed E-state index contributed by atoms with van der Waals surface area (Å²) in [5.41, 5.74) is 2.51. The molecule has 2 saturated carbocycles. The summed E-state index contributed by atoms with van der Waals surface area (Å²) in [6, 6.07) is 11.2. The van der Waals surface area contributed by atoms with Crippen molar-refractivity contribution in [2.45, 2.75) is 127 Å². The largest absolute Gasteiger partial charge is 0.459 e. The zero-order valence-corrected chi connectivity index (χ0v) is 35.1. The van der Waals surface area contributed by atoms with Gasteiger partial charge in [0.1, 0.15) is 23.3 Å². The summed E-state index contributed by atoms with van der Waals surface area (Å²) in [4.78, 5) is 33.6. The van der Waals surface area contributed by atoms with Gasteiger partial charge in [0.05, 0.1) is 35.8 Å². The number of hydrogen-bond donors (Lipinski definition) is 2. The number of rotatable bonds is 20. The Hall–Kier alpha value is -4.30. The summed E-state index contributed by atoms with van der Waals surface area (Å²) in [6.45, 7) is 4.98. The Morgan fingerprint density at radius 2 is 1.78 bits per heavy atom. The summed E-state index contributed by atoms with van der Waals surface area (Å²) >= 11 is 0. The van der Waals surface area contributed by atoms with Gasteiger partial charge in [0, 0.05) is 57.1 Å². The van der Waals surface area contributed by atoms with Crippen molar-refractivity contribution in [3.8, 4) is 17.2 Å². The molecule has 0 radical (unpaired) electrons. The summed E-state index contributed by atoms with van der Waals surface area (Å²) in [5.74, 6) is 0.0986. The van der Waals surface area contributed by atoms with E-state index in [1.54, 1.807) is 24.3 Å². The minimum Gasteiger partial charge on any atom is -0.459 e. The van der Waals surface area contributed by atoms with E-state index in [9.17, 15) is 25.1 Å². The van der Waals surface area contributed by atoms with Gasteiger partial charge in [-0.1, -0.05) is 61.9 Å². The molecule has 1 amide bonds. The number of likely N-dealkylation sites (N-methyl/N-ethyl adjacent to an activating group) is 1. The smallest absolute Gasteiger partial charge is 0.273 e. The van der Waals surface area contributed by atoms with Gasteiger partial charge in [-0.05, 0) is 92.5 Å². The van der Waals surface area contributed by atoms with Crippen LogP contribution in [0.3, 0.4) is 0 Å². The first-order valence-corrected chi connectivity index (χ1v) is 22.3.